The van der Waals surface area contributed by atoms with Gasteiger partial charge in [0.15, 0.2) is 11.5 Å². The molecule has 5 rings (SSSR count). The van der Waals surface area contributed by atoms with E-state index in [0.717, 1.165) is 32.1 Å². The summed E-state index contributed by atoms with van der Waals surface area (Å²) >= 11 is 1.50. The molecule has 2 N–H and O–H groups in total. The second-order valence-electron chi connectivity index (χ2n) is 7.78. The number of nitrogens with one attached hydrogen (secondary N) is 2. The van der Waals surface area contributed by atoms with Gasteiger partial charge in [0.05, 0.1) is 19.1 Å². The summed E-state index contributed by atoms with van der Waals surface area (Å²) in [4.78, 5) is 17.2. The molecule has 6 heteroatoms. The first-order chi connectivity index (χ1) is 16.2. The lowest BCUT2D eigenvalue weighted by Gasteiger charge is -2.22. The number of rotatable bonds is 7. The Hall–Kier alpha value is -3.77. The zero-order valence-electron chi connectivity index (χ0n) is 18.4. The van der Waals surface area contributed by atoms with Gasteiger partial charge in [-0.3, -0.25) is 4.79 Å². The molecule has 0 radical (unpaired) electrons. The van der Waals surface area contributed by atoms with Gasteiger partial charge in [0.25, 0.3) is 5.91 Å². The van der Waals surface area contributed by atoms with Crippen LogP contribution in [0.2, 0.25) is 0 Å². The molecule has 2 heterocycles. The van der Waals surface area contributed by atoms with Crippen LogP contribution in [-0.4, -0.2) is 31.7 Å². The average Bonchev–Trinajstić information content (AvgIpc) is 3.48. The topological polar surface area (TPSA) is 63.3 Å². The van der Waals surface area contributed by atoms with E-state index in [1.807, 2.05) is 66.9 Å². The summed E-state index contributed by atoms with van der Waals surface area (Å²) < 4.78 is 12.4. The van der Waals surface area contributed by atoms with Gasteiger partial charge in [-0.15, -0.1) is 11.3 Å². The van der Waals surface area contributed by atoms with Gasteiger partial charge < -0.3 is 19.8 Å². The number of hydrogen-bond acceptors (Lipinski definition) is 4. The van der Waals surface area contributed by atoms with E-state index in [1.54, 1.807) is 14.2 Å². The fourth-order valence-corrected chi connectivity index (χ4v) is 5.31. The van der Waals surface area contributed by atoms with Crippen molar-refractivity contribution in [1.29, 1.82) is 0 Å². The summed E-state index contributed by atoms with van der Waals surface area (Å²) in [6.45, 7) is 0.415. The average molecular weight is 457 g/mol. The number of benzene rings is 3. The van der Waals surface area contributed by atoms with Crippen molar-refractivity contribution >= 4 is 38.2 Å². The SMILES string of the molecule is COc1cccc(C(CNC(=O)c2cc3ccccc3s2)c2c[nH]c3ccccc23)c1OC. The predicted octanol–water partition coefficient (Wildman–Crippen LogP) is 5.96. The minimum Gasteiger partial charge on any atom is -0.493 e. The smallest absolute Gasteiger partial charge is 0.261 e. The van der Waals surface area contributed by atoms with E-state index in [0.29, 0.717) is 22.9 Å². The Morgan fingerprint density at radius 1 is 0.970 bits per heavy atom. The highest BCUT2D eigenvalue weighted by atomic mass is 32.1. The Kier molecular flexibility index (Phi) is 5.75. The zero-order valence-corrected chi connectivity index (χ0v) is 19.2. The second-order valence-corrected chi connectivity index (χ2v) is 8.87. The number of aromatic amines is 1. The van der Waals surface area contributed by atoms with E-state index in [9.17, 15) is 4.79 Å². The van der Waals surface area contributed by atoms with Gasteiger partial charge in [-0.1, -0.05) is 48.5 Å². The molecule has 1 amide bonds. The van der Waals surface area contributed by atoms with Gasteiger partial charge in [0.2, 0.25) is 0 Å². The number of carbonyl (C=O) groups excluding carboxylic acids is 1. The predicted molar refractivity (Wildman–Crippen MR) is 134 cm³/mol. The van der Waals surface area contributed by atoms with Gasteiger partial charge in [-0.05, 0) is 35.2 Å². The van der Waals surface area contributed by atoms with Crippen molar-refractivity contribution in [2.75, 3.05) is 20.8 Å². The van der Waals surface area contributed by atoms with Crippen LogP contribution in [0.5, 0.6) is 11.5 Å². The summed E-state index contributed by atoms with van der Waals surface area (Å²) in [5.41, 5.74) is 3.10. The molecular weight excluding hydrogens is 432 g/mol. The summed E-state index contributed by atoms with van der Waals surface area (Å²) in [7, 11) is 3.27. The molecule has 5 aromatic rings. The number of aromatic nitrogens is 1. The third kappa shape index (κ3) is 3.94. The molecule has 5 nitrogen and oxygen atoms in total. The lowest BCUT2D eigenvalue weighted by molar-refractivity contribution is 0.0956. The maximum atomic E-state index is 13.1. The number of methoxy groups -OCH3 is 2. The van der Waals surface area contributed by atoms with Crippen LogP contribution in [-0.2, 0) is 0 Å². The Balaban J connectivity index is 1.52. The van der Waals surface area contributed by atoms with Crippen LogP contribution in [0, 0.1) is 0 Å². The van der Waals surface area contributed by atoms with Crippen molar-refractivity contribution < 1.29 is 14.3 Å². The number of para-hydroxylation sites is 2. The van der Waals surface area contributed by atoms with Gasteiger partial charge in [-0.25, -0.2) is 0 Å². The van der Waals surface area contributed by atoms with Crippen molar-refractivity contribution in [3.8, 4) is 11.5 Å². The molecule has 1 unspecified atom stereocenters. The summed E-state index contributed by atoms with van der Waals surface area (Å²) in [5.74, 6) is 1.12. The molecule has 166 valence electrons. The second kappa shape index (κ2) is 9.00. The third-order valence-electron chi connectivity index (χ3n) is 5.92. The molecule has 0 saturated carbocycles. The first kappa shape index (κ1) is 21.1. The standard InChI is InChI=1S/C27H24N2O3S/c1-31-23-12-7-10-19(26(23)32-2)21(20-15-28-22-11-5-4-9-18(20)22)16-29-27(30)25-14-17-8-3-6-13-24(17)33-25/h3-15,21,28H,16H2,1-2H3,(H,29,30). The lowest BCUT2D eigenvalue weighted by Crippen LogP contribution is -2.28. The van der Waals surface area contributed by atoms with Gasteiger partial charge in [0, 0.05) is 39.8 Å². The van der Waals surface area contributed by atoms with Crippen molar-refractivity contribution in [2.45, 2.75) is 5.92 Å². The molecule has 0 saturated heterocycles. The monoisotopic (exact) mass is 456 g/mol. The molecule has 0 aliphatic carbocycles. The first-order valence-corrected chi connectivity index (χ1v) is 11.5. The van der Waals surface area contributed by atoms with E-state index in [-0.39, 0.29) is 11.8 Å². The first-order valence-electron chi connectivity index (χ1n) is 10.7. The van der Waals surface area contributed by atoms with Crippen LogP contribution in [0.1, 0.15) is 26.7 Å². The Morgan fingerprint density at radius 2 is 1.79 bits per heavy atom. The number of carbonyl (C=O) groups is 1. The normalized spacial score (nSPS) is 12.1. The van der Waals surface area contributed by atoms with Gasteiger partial charge in [0.1, 0.15) is 0 Å². The highest BCUT2D eigenvalue weighted by Gasteiger charge is 2.24. The van der Waals surface area contributed by atoms with E-state index in [1.165, 1.54) is 11.3 Å². The number of hydrogen-bond donors (Lipinski definition) is 2. The lowest BCUT2D eigenvalue weighted by atomic mass is 9.89. The van der Waals surface area contributed by atoms with E-state index >= 15 is 0 Å². The molecule has 0 aliphatic rings. The van der Waals surface area contributed by atoms with Crippen LogP contribution in [0.3, 0.4) is 0 Å². The Morgan fingerprint density at radius 3 is 2.61 bits per heavy atom. The Labute approximate surface area is 196 Å². The summed E-state index contributed by atoms with van der Waals surface area (Å²) in [5, 5.41) is 5.35. The molecular formula is C27H24N2O3S. The maximum Gasteiger partial charge on any atom is 0.261 e. The van der Waals surface area contributed by atoms with Crippen molar-refractivity contribution in [2.24, 2.45) is 0 Å². The summed E-state index contributed by atoms with van der Waals surface area (Å²) in [6, 6.07) is 24.0. The fourth-order valence-electron chi connectivity index (χ4n) is 4.33. The molecule has 0 aliphatic heterocycles. The van der Waals surface area contributed by atoms with Crippen LogP contribution in [0.25, 0.3) is 21.0 Å². The maximum absolute atomic E-state index is 13.1. The largest absolute Gasteiger partial charge is 0.493 e. The third-order valence-corrected chi connectivity index (χ3v) is 7.04. The van der Waals surface area contributed by atoms with Crippen LogP contribution in [0.4, 0.5) is 0 Å². The highest BCUT2D eigenvalue weighted by molar-refractivity contribution is 7.20. The molecule has 3 aromatic carbocycles. The number of H-pyrrole nitrogens is 1. The van der Waals surface area contributed by atoms with Crippen molar-refractivity contribution in [3.05, 3.63) is 95.0 Å². The quantitative estimate of drug-likeness (QED) is 0.318. The van der Waals surface area contributed by atoms with E-state index in [4.69, 9.17) is 9.47 Å². The molecule has 2 aromatic heterocycles. The Bertz CT molecular complexity index is 1400. The van der Waals surface area contributed by atoms with Crippen molar-refractivity contribution in [3.63, 3.8) is 0 Å². The fraction of sp³-hybridized carbons (Fsp3) is 0.148. The molecule has 1 atom stereocenters. The molecule has 33 heavy (non-hydrogen) atoms. The molecule has 0 fully saturated rings. The van der Waals surface area contributed by atoms with Crippen LogP contribution in [0.15, 0.2) is 79.0 Å². The van der Waals surface area contributed by atoms with Crippen molar-refractivity contribution in [1.82, 2.24) is 10.3 Å². The van der Waals surface area contributed by atoms with E-state index in [2.05, 4.69) is 22.4 Å². The molecule has 0 bridgehead atoms. The zero-order chi connectivity index (χ0) is 22.8. The number of ether oxygens (including phenoxy) is 2. The van der Waals surface area contributed by atoms with E-state index < -0.39 is 0 Å². The van der Waals surface area contributed by atoms with Gasteiger partial charge in [-0.2, -0.15) is 0 Å². The van der Waals surface area contributed by atoms with Gasteiger partial charge >= 0.3 is 0 Å². The summed E-state index contributed by atoms with van der Waals surface area (Å²) in [6.07, 6.45) is 2.01. The number of amides is 1. The minimum absolute atomic E-state index is 0.0806. The molecule has 0 spiro atoms. The minimum atomic E-state index is -0.135. The highest BCUT2D eigenvalue weighted by Crippen LogP contribution is 2.40. The number of fused-ring (bicyclic) bond motifs is 2. The van der Waals surface area contributed by atoms with Crippen LogP contribution >= 0.6 is 11.3 Å². The van der Waals surface area contributed by atoms with Crippen LogP contribution < -0.4 is 14.8 Å². The number of thiophene rings is 1.